The zero-order valence-corrected chi connectivity index (χ0v) is 13.6. The Morgan fingerprint density at radius 2 is 1.92 bits per heavy atom. The molecule has 2 aromatic rings. The molecule has 1 saturated heterocycles. The third kappa shape index (κ3) is 3.10. The van der Waals surface area contributed by atoms with Crippen molar-refractivity contribution in [2.75, 3.05) is 32.2 Å². The second kappa shape index (κ2) is 6.74. The molecular formula is C17H19N3O4. The standard InChI is InChI=1S/C17H19N3O4/c1-23-14-5-3-12(4-6-14)13-9-10-19(11-13)17-15(20(21)22)7-8-16(18-17)24-2/h3-8,13H,9-11H2,1-2H3. The van der Waals surface area contributed by atoms with Gasteiger partial charge in [0.1, 0.15) is 5.75 Å². The molecule has 0 amide bonds. The molecule has 0 bridgehead atoms. The molecule has 0 aliphatic carbocycles. The van der Waals surface area contributed by atoms with E-state index in [-0.39, 0.29) is 5.69 Å². The minimum Gasteiger partial charge on any atom is -0.497 e. The van der Waals surface area contributed by atoms with Gasteiger partial charge in [-0.3, -0.25) is 10.1 Å². The summed E-state index contributed by atoms with van der Waals surface area (Å²) in [4.78, 5) is 17.1. The molecule has 0 saturated carbocycles. The van der Waals surface area contributed by atoms with Crippen LogP contribution in [0.25, 0.3) is 0 Å². The number of aromatic nitrogens is 1. The molecule has 1 atom stereocenters. The number of anilines is 1. The molecule has 1 unspecified atom stereocenters. The minimum absolute atomic E-state index is 0.00572. The molecule has 1 aromatic carbocycles. The Morgan fingerprint density at radius 3 is 2.54 bits per heavy atom. The van der Waals surface area contributed by atoms with Gasteiger partial charge in [-0.05, 0) is 24.1 Å². The highest BCUT2D eigenvalue weighted by Gasteiger charge is 2.30. The van der Waals surface area contributed by atoms with Crippen LogP contribution in [0.15, 0.2) is 36.4 Å². The van der Waals surface area contributed by atoms with Gasteiger partial charge in [0, 0.05) is 31.1 Å². The lowest BCUT2D eigenvalue weighted by molar-refractivity contribution is -0.384. The van der Waals surface area contributed by atoms with Gasteiger partial charge in [0.05, 0.1) is 19.1 Å². The number of benzene rings is 1. The highest BCUT2D eigenvalue weighted by atomic mass is 16.6. The number of hydrogen-bond donors (Lipinski definition) is 0. The monoisotopic (exact) mass is 329 g/mol. The van der Waals surface area contributed by atoms with Crippen LogP contribution in [0.2, 0.25) is 0 Å². The van der Waals surface area contributed by atoms with Crippen LogP contribution in [0.1, 0.15) is 17.9 Å². The van der Waals surface area contributed by atoms with Crippen molar-refractivity contribution in [1.82, 2.24) is 4.98 Å². The van der Waals surface area contributed by atoms with Crippen molar-refractivity contribution in [1.29, 1.82) is 0 Å². The van der Waals surface area contributed by atoms with Crippen LogP contribution in [-0.2, 0) is 0 Å². The van der Waals surface area contributed by atoms with Gasteiger partial charge < -0.3 is 14.4 Å². The van der Waals surface area contributed by atoms with Gasteiger partial charge >= 0.3 is 5.69 Å². The largest absolute Gasteiger partial charge is 0.497 e. The van der Waals surface area contributed by atoms with Crippen LogP contribution < -0.4 is 14.4 Å². The number of nitrogens with zero attached hydrogens (tertiary/aromatic N) is 3. The van der Waals surface area contributed by atoms with Gasteiger partial charge in [-0.1, -0.05) is 12.1 Å². The fourth-order valence-electron chi connectivity index (χ4n) is 3.01. The molecule has 2 heterocycles. The molecule has 1 fully saturated rings. The fraction of sp³-hybridized carbons (Fsp3) is 0.353. The summed E-state index contributed by atoms with van der Waals surface area (Å²) in [5, 5.41) is 11.3. The smallest absolute Gasteiger partial charge is 0.311 e. The summed E-state index contributed by atoms with van der Waals surface area (Å²) in [5.41, 5.74) is 1.20. The van der Waals surface area contributed by atoms with E-state index in [0.717, 1.165) is 18.7 Å². The van der Waals surface area contributed by atoms with E-state index in [1.165, 1.54) is 24.8 Å². The summed E-state index contributed by atoms with van der Waals surface area (Å²) in [6, 6.07) is 10.9. The van der Waals surface area contributed by atoms with Gasteiger partial charge in [0.25, 0.3) is 0 Å². The average molecular weight is 329 g/mol. The Morgan fingerprint density at radius 1 is 1.17 bits per heavy atom. The van der Waals surface area contributed by atoms with Crippen molar-refractivity contribution < 1.29 is 14.4 Å². The van der Waals surface area contributed by atoms with Crippen LogP contribution in [0.3, 0.4) is 0 Å². The maximum absolute atomic E-state index is 11.3. The van der Waals surface area contributed by atoms with E-state index in [1.807, 2.05) is 29.2 Å². The summed E-state index contributed by atoms with van der Waals surface area (Å²) >= 11 is 0. The summed E-state index contributed by atoms with van der Waals surface area (Å²) in [6.45, 7) is 1.41. The lowest BCUT2D eigenvalue weighted by Gasteiger charge is -2.18. The van der Waals surface area contributed by atoms with Crippen LogP contribution in [0.4, 0.5) is 11.5 Å². The van der Waals surface area contributed by atoms with Crippen molar-refractivity contribution in [3.63, 3.8) is 0 Å². The predicted octanol–water partition coefficient (Wildman–Crippen LogP) is 3.00. The first kappa shape index (κ1) is 16.0. The Labute approximate surface area is 140 Å². The quantitative estimate of drug-likeness (QED) is 0.620. The molecule has 0 N–H and O–H groups in total. The number of rotatable bonds is 5. The van der Waals surface area contributed by atoms with Crippen LogP contribution in [0, 0.1) is 10.1 Å². The van der Waals surface area contributed by atoms with Gasteiger partial charge in [-0.2, -0.15) is 4.98 Å². The molecular weight excluding hydrogens is 310 g/mol. The van der Waals surface area contributed by atoms with E-state index in [1.54, 1.807) is 7.11 Å². The Bertz CT molecular complexity index is 733. The summed E-state index contributed by atoms with van der Waals surface area (Å²) in [6.07, 6.45) is 0.919. The number of hydrogen-bond acceptors (Lipinski definition) is 6. The van der Waals surface area contributed by atoms with Gasteiger partial charge in [-0.25, -0.2) is 0 Å². The van der Waals surface area contributed by atoms with E-state index < -0.39 is 4.92 Å². The van der Waals surface area contributed by atoms with Crippen molar-refractivity contribution >= 4 is 11.5 Å². The molecule has 7 nitrogen and oxygen atoms in total. The lowest BCUT2D eigenvalue weighted by Crippen LogP contribution is -2.21. The third-order valence-electron chi connectivity index (χ3n) is 4.31. The van der Waals surface area contributed by atoms with E-state index >= 15 is 0 Å². The van der Waals surface area contributed by atoms with Crippen LogP contribution in [0.5, 0.6) is 11.6 Å². The van der Waals surface area contributed by atoms with Gasteiger partial charge in [0.15, 0.2) is 0 Å². The molecule has 0 radical (unpaired) electrons. The molecule has 3 rings (SSSR count). The maximum atomic E-state index is 11.3. The molecule has 7 heteroatoms. The van der Waals surface area contributed by atoms with Crippen LogP contribution >= 0.6 is 0 Å². The highest BCUT2D eigenvalue weighted by Crippen LogP contribution is 2.35. The molecule has 24 heavy (non-hydrogen) atoms. The van der Waals surface area contributed by atoms with Crippen molar-refractivity contribution in [3.05, 3.63) is 52.1 Å². The van der Waals surface area contributed by atoms with E-state index in [0.29, 0.717) is 24.2 Å². The maximum Gasteiger partial charge on any atom is 0.311 e. The first-order chi connectivity index (χ1) is 11.6. The third-order valence-corrected chi connectivity index (χ3v) is 4.31. The fourth-order valence-corrected chi connectivity index (χ4v) is 3.01. The van der Waals surface area contributed by atoms with E-state index in [4.69, 9.17) is 9.47 Å². The minimum atomic E-state index is -0.400. The highest BCUT2D eigenvalue weighted by molar-refractivity contribution is 5.60. The van der Waals surface area contributed by atoms with E-state index in [2.05, 4.69) is 4.98 Å². The van der Waals surface area contributed by atoms with Crippen molar-refractivity contribution in [2.24, 2.45) is 0 Å². The second-order valence-corrected chi connectivity index (χ2v) is 5.66. The Balaban J connectivity index is 1.83. The van der Waals surface area contributed by atoms with Crippen molar-refractivity contribution in [2.45, 2.75) is 12.3 Å². The zero-order chi connectivity index (χ0) is 17.1. The summed E-state index contributed by atoms with van der Waals surface area (Å²) in [7, 11) is 3.14. The Hall–Kier alpha value is -2.83. The Kier molecular flexibility index (Phi) is 4.50. The normalized spacial score (nSPS) is 16.9. The van der Waals surface area contributed by atoms with Crippen molar-refractivity contribution in [3.8, 4) is 11.6 Å². The topological polar surface area (TPSA) is 77.7 Å². The van der Waals surface area contributed by atoms with Gasteiger partial charge in [-0.15, -0.1) is 0 Å². The number of nitro groups is 1. The molecule has 1 aromatic heterocycles. The molecule has 126 valence electrons. The average Bonchev–Trinajstić information content (AvgIpc) is 3.11. The predicted molar refractivity (Wildman–Crippen MR) is 90.0 cm³/mol. The van der Waals surface area contributed by atoms with E-state index in [9.17, 15) is 10.1 Å². The van der Waals surface area contributed by atoms with Gasteiger partial charge in [0.2, 0.25) is 11.7 Å². The van der Waals surface area contributed by atoms with Crippen LogP contribution in [-0.4, -0.2) is 37.2 Å². The zero-order valence-electron chi connectivity index (χ0n) is 13.6. The molecule has 0 spiro atoms. The first-order valence-corrected chi connectivity index (χ1v) is 7.70. The summed E-state index contributed by atoms with van der Waals surface area (Å²) in [5.74, 6) is 1.88. The molecule has 1 aliphatic rings. The first-order valence-electron chi connectivity index (χ1n) is 7.70. The number of methoxy groups -OCH3 is 2. The SMILES string of the molecule is COc1ccc(C2CCN(c3nc(OC)ccc3[N+](=O)[O-])C2)cc1. The number of ether oxygens (including phenoxy) is 2. The molecule has 1 aliphatic heterocycles. The summed E-state index contributed by atoms with van der Waals surface area (Å²) < 4.78 is 10.3. The lowest BCUT2D eigenvalue weighted by atomic mass is 9.98. The number of pyridine rings is 1. The second-order valence-electron chi connectivity index (χ2n) is 5.66.